The Morgan fingerprint density at radius 3 is 2.83 bits per heavy atom. The summed E-state index contributed by atoms with van der Waals surface area (Å²) in [5.74, 6) is 0.622. The van der Waals surface area contributed by atoms with Gasteiger partial charge in [-0.15, -0.1) is 11.3 Å². The van der Waals surface area contributed by atoms with Gasteiger partial charge in [-0.2, -0.15) is 0 Å². The first kappa shape index (κ1) is 15.7. The second-order valence-corrected chi connectivity index (χ2v) is 8.29. The Balaban J connectivity index is 1.59. The van der Waals surface area contributed by atoms with Crippen molar-refractivity contribution in [3.63, 3.8) is 0 Å². The Kier molecular flexibility index (Phi) is 4.30. The number of nitrogens with zero attached hydrogens (tertiary/aromatic N) is 3. The minimum absolute atomic E-state index is 0.0381. The van der Waals surface area contributed by atoms with E-state index in [2.05, 4.69) is 47.9 Å². The molecule has 1 aliphatic heterocycles. The molecule has 1 aliphatic rings. The summed E-state index contributed by atoms with van der Waals surface area (Å²) in [6.45, 7) is 2.42. The van der Waals surface area contributed by atoms with Gasteiger partial charge in [0.25, 0.3) is 5.56 Å². The Morgan fingerprint density at radius 2 is 2.08 bits per heavy atom. The lowest BCUT2D eigenvalue weighted by molar-refractivity contribution is 0.244. The van der Waals surface area contributed by atoms with E-state index >= 15 is 0 Å². The third kappa shape index (κ3) is 3.19. The molecule has 0 aliphatic carbocycles. The van der Waals surface area contributed by atoms with Gasteiger partial charge < -0.3 is 4.98 Å². The molecule has 7 heteroatoms. The molecule has 0 bridgehead atoms. The van der Waals surface area contributed by atoms with Crippen molar-refractivity contribution in [3.05, 3.63) is 66.9 Å². The van der Waals surface area contributed by atoms with E-state index in [1.165, 1.54) is 4.88 Å². The highest BCUT2D eigenvalue weighted by molar-refractivity contribution is 9.11. The fraction of sp³-hybridized carbons (Fsp3) is 0.235. The van der Waals surface area contributed by atoms with Gasteiger partial charge >= 0.3 is 0 Å². The predicted octanol–water partition coefficient (Wildman–Crippen LogP) is 3.21. The zero-order valence-electron chi connectivity index (χ0n) is 12.8. The summed E-state index contributed by atoms with van der Waals surface area (Å²) in [4.78, 5) is 27.7. The monoisotopic (exact) mass is 402 g/mol. The molecule has 4 rings (SSSR count). The van der Waals surface area contributed by atoms with E-state index in [1.807, 2.05) is 12.1 Å². The lowest BCUT2D eigenvalue weighted by Crippen LogP contribution is -2.35. The molecular formula is C17H15BrN4OS. The van der Waals surface area contributed by atoms with E-state index in [-0.39, 0.29) is 5.56 Å². The lowest BCUT2D eigenvalue weighted by atomic mass is 10.1. The van der Waals surface area contributed by atoms with E-state index < -0.39 is 0 Å². The van der Waals surface area contributed by atoms with Crippen molar-refractivity contribution in [3.8, 4) is 11.4 Å². The SMILES string of the molecule is O=c1[nH]c(-c2ccncc2)nc2c1CN(Cc1ccc(Br)s1)CC2. The van der Waals surface area contributed by atoms with Crippen molar-refractivity contribution in [2.75, 3.05) is 6.54 Å². The van der Waals surface area contributed by atoms with Crippen LogP contribution in [-0.4, -0.2) is 26.4 Å². The third-order valence-electron chi connectivity index (χ3n) is 4.11. The van der Waals surface area contributed by atoms with Crippen LogP contribution in [0.2, 0.25) is 0 Å². The maximum absolute atomic E-state index is 12.5. The first-order valence-electron chi connectivity index (χ1n) is 7.68. The molecule has 0 amide bonds. The van der Waals surface area contributed by atoms with Gasteiger partial charge in [-0.05, 0) is 40.2 Å². The maximum Gasteiger partial charge on any atom is 0.255 e. The number of rotatable bonds is 3. The molecule has 0 unspecified atom stereocenters. The number of aromatic nitrogens is 3. The minimum Gasteiger partial charge on any atom is -0.306 e. The smallest absolute Gasteiger partial charge is 0.255 e. The summed E-state index contributed by atoms with van der Waals surface area (Å²) in [5.41, 5.74) is 2.54. The topological polar surface area (TPSA) is 61.9 Å². The Bertz CT molecular complexity index is 922. The summed E-state index contributed by atoms with van der Waals surface area (Å²) in [7, 11) is 0. The Hall–Kier alpha value is -1.83. The van der Waals surface area contributed by atoms with Crippen LogP contribution >= 0.6 is 27.3 Å². The molecule has 3 aromatic rings. The number of pyridine rings is 1. The summed E-state index contributed by atoms with van der Waals surface area (Å²) in [5, 5.41) is 0. The molecule has 0 aromatic carbocycles. The van der Waals surface area contributed by atoms with Crippen LogP contribution in [-0.2, 0) is 19.5 Å². The molecule has 3 aromatic heterocycles. The summed E-state index contributed by atoms with van der Waals surface area (Å²) >= 11 is 5.23. The summed E-state index contributed by atoms with van der Waals surface area (Å²) in [6.07, 6.45) is 4.20. The third-order valence-corrected chi connectivity index (χ3v) is 5.72. The van der Waals surface area contributed by atoms with Crippen molar-refractivity contribution in [2.24, 2.45) is 0 Å². The average Bonchev–Trinajstić information content (AvgIpc) is 3.01. The van der Waals surface area contributed by atoms with Crippen LogP contribution in [0.15, 0.2) is 45.2 Å². The zero-order valence-corrected chi connectivity index (χ0v) is 15.2. The molecule has 4 heterocycles. The van der Waals surface area contributed by atoms with Gasteiger partial charge in [0.15, 0.2) is 0 Å². The van der Waals surface area contributed by atoms with Crippen molar-refractivity contribution < 1.29 is 0 Å². The largest absolute Gasteiger partial charge is 0.306 e. The standard InChI is InChI=1S/C17H15BrN4OS/c18-15-2-1-12(24-15)9-22-8-5-14-13(10-22)17(23)21-16(20-14)11-3-6-19-7-4-11/h1-4,6-7H,5,8-10H2,(H,20,21,23). The van der Waals surface area contributed by atoms with E-state index in [4.69, 9.17) is 0 Å². The van der Waals surface area contributed by atoms with Gasteiger partial charge in [0.1, 0.15) is 5.82 Å². The quantitative estimate of drug-likeness (QED) is 0.730. The highest BCUT2D eigenvalue weighted by atomic mass is 79.9. The number of aromatic amines is 1. The van der Waals surface area contributed by atoms with Crippen LogP contribution in [0.4, 0.5) is 0 Å². The summed E-state index contributed by atoms with van der Waals surface area (Å²) in [6, 6.07) is 7.90. The van der Waals surface area contributed by atoms with Crippen LogP contribution in [0.25, 0.3) is 11.4 Å². The highest BCUT2D eigenvalue weighted by Gasteiger charge is 2.21. The fourth-order valence-corrected chi connectivity index (χ4v) is 4.45. The summed E-state index contributed by atoms with van der Waals surface area (Å²) < 4.78 is 1.14. The molecule has 1 N–H and O–H groups in total. The second-order valence-electron chi connectivity index (χ2n) is 5.74. The number of halogens is 1. The van der Waals surface area contributed by atoms with Gasteiger partial charge in [-0.3, -0.25) is 14.7 Å². The van der Waals surface area contributed by atoms with Crippen LogP contribution < -0.4 is 5.56 Å². The van der Waals surface area contributed by atoms with Crippen LogP contribution in [0.5, 0.6) is 0 Å². The lowest BCUT2D eigenvalue weighted by Gasteiger charge is -2.27. The predicted molar refractivity (Wildman–Crippen MR) is 97.9 cm³/mol. The molecule has 0 saturated carbocycles. The maximum atomic E-state index is 12.5. The van der Waals surface area contributed by atoms with E-state index in [1.54, 1.807) is 23.7 Å². The minimum atomic E-state index is -0.0381. The molecule has 0 radical (unpaired) electrons. The number of H-pyrrole nitrogens is 1. The van der Waals surface area contributed by atoms with Gasteiger partial charge in [-0.25, -0.2) is 4.98 Å². The normalized spacial score (nSPS) is 14.5. The average molecular weight is 403 g/mol. The van der Waals surface area contributed by atoms with Crippen LogP contribution in [0.3, 0.4) is 0 Å². The van der Waals surface area contributed by atoms with Crippen molar-refractivity contribution in [2.45, 2.75) is 19.5 Å². The van der Waals surface area contributed by atoms with Crippen LogP contribution in [0.1, 0.15) is 16.1 Å². The van der Waals surface area contributed by atoms with Gasteiger partial charge in [-0.1, -0.05) is 0 Å². The Labute approximate surface area is 151 Å². The number of hydrogen-bond donors (Lipinski definition) is 1. The first-order valence-corrected chi connectivity index (χ1v) is 9.29. The number of thiophene rings is 1. The Morgan fingerprint density at radius 1 is 1.25 bits per heavy atom. The highest BCUT2D eigenvalue weighted by Crippen LogP contribution is 2.25. The van der Waals surface area contributed by atoms with E-state index in [9.17, 15) is 4.79 Å². The van der Waals surface area contributed by atoms with Crippen molar-refractivity contribution >= 4 is 27.3 Å². The number of fused-ring (bicyclic) bond motifs is 1. The molecule has 0 atom stereocenters. The van der Waals surface area contributed by atoms with Gasteiger partial charge in [0, 0.05) is 48.9 Å². The van der Waals surface area contributed by atoms with E-state index in [0.29, 0.717) is 12.4 Å². The molecule has 5 nitrogen and oxygen atoms in total. The van der Waals surface area contributed by atoms with Crippen LogP contribution in [0, 0.1) is 0 Å². The molecule has 122 valence electrons. The van der Waals surface area contributed by atoms with Gasteiger partial charge in [0.2, 0.25) is 0 Å². The molecule has 24 heavy (non-hydrogen) atoms. The van der Waals surface area contributed by atoms with Crippen molar-refractivity contribution in [1.29, 1.82) is 0 Å². The first-order chi connectivity index (χ1) is 11.7. The molecular weight excluding hydrogens is 388 g/mol. The zero-order chi connectivity index (χ0) is 16.5. The number of hydrogen-bond acceptors (Lipinski definition) is 5. The van der Waals surface area contributed by atoms with Crippen molar-refractivity contribution in [1.82, 2.24) is 19.9 Å². The molecule has 0 saturated heterocycles. The fourth-order valence-electron chi connectivity index (χ4n) is 2.92. The second kappa shape index (κ2) is 6.58. The van der Waals surface area contributed by atoms with Gasteiger partial charge in [0.05, 0.1) is 15.0 Å². The van der Waals surface area contributed by atoms with E-state index in [0.717, 1.165) is 40.1 Å². The molecule has 0 spiro atoms. The number of nitrogens with one attached hydrogen (secondary N) is 1. The molecule has 0 fully saturated rings.